The van der Waals surface area contributed by atoms with Crippen LogP contribution < -0.4 is 5.73 Å². The molecule has 0 bridgehead atoms. The molecule has 0 saturated carbocycles. The van der Waals surface area contributed by atoms with E-state index in [2.05, 4.69) is 31.3 Å². The van der Waals surface area contributed by atoms with Gasteiger partial charge in [-0.3, -0.25) is 9.51 Å². The number of nitrogen functional groups attached to an aromatic ring is 1. The summed E-state index contributed by atoms with van der Waals surface area (Å²) in [5.41, 5.74) is 5.66. The Morgan fingerprint density at radius 3 is 2.72 bits per heavy atom. The van der Waals surface area contributed by atoms with Gasteiger partial charge in [-0.25, -0.2) is 14.5 Å². The second-order valence-corrected chi connectivity index (χ2v) is 8.62. The van der Waals surface area contributed by atoms with E-state index in [1.54, 1.807) is 30.7 Å². The van der Waals surface area contributed by atoms with Gasteiger partial charge in [0.05, 0.1) is 17.6 Å². The van der Waals surface area contributed by atoms with Gasteiger partial charge in [0.2, 0.25) is 0 Å². The molecule has 32 heavy (non-hydrogen) atoms. The predicted molar refractivity (Wildman–Crippen MR) is 111 cm³/mol. The van der Waals surface area contributed by atoms with Crippen molar-refractivity contribution in [1.29, 1.82) is 0 Å². The molecular weight excluding hydrogens is 441 g/mol. The van der Waals surface area contributed by atoms with Crippen LogP contribution in [0.5, 0.6) is 0 Å². The molecule has 4 rings (SSSR count). The number of hydrogen-bond acceptors (Lipinski definition) is 9. The average molecular weight is 461 g/mol. The van der Waals surface area contributed by atoms with Gasteiger partial charge >= 0.3 is 7.82 Å². The summed E-state index contributed by atoms with van der Waals surface area (Å²) in [6.45, 7) is 0.696. The topological polar surface area (TPSA) is 186 Å². The first-order valence-electron chi connectivity index (χ1n) is 9.37. The maximum Gasteiger partial charge on any atom is 0.469 e. The Hall–Kier alpha value is -2.88. The summed E-state index contributed by atoms with van der Waals surface area (Å²) < 4.78 is 22.7. The first-order chi connectivity index (χ1) is 15.1. The van der Waals surface area contributed by atoms with Gasteiger partial charge in [-0.15, -0.1) is 0 Å². The van der Waals surface area contributed by atoms with Crippen molar-refractivity contribution >= 4 is 24.7 Å². The van der Waals surface area contributed by atoms with Crippen LogP contribution in [-0.4, -0.2) is 63.9 Å². The fourth-order valence-electron chi connectivity index (χ4n) is 3.50. The minimum Gasteiger partial charge on any atom is -0.387 e. The number of anilines is 1. The highest BCUT2D eigenvalue weighted by atomic mass is 31.2. The largest absolute Gasteiger partial charge is 0.469 e. The molecular formula is C19H20N5O7P. The van der Waals surface area contributed by atoms with Crippen LogP contribution in [0.3, 0.4) is 0 Å². The summed E-state index contributed by atoms with van der Waals surface area (Å²) in [6.07, 6.45) is 2.10. The Bertz CT molecular complexity index is 1250. The van der Waals surface area contributed by atoms with Gasteiger partial charge < -0.3 is 35.0 Å². The van der Waals surface area contributed by atoms with E-state index in [9.17, 15) is 14.8 Å². The molecule has 4 atom stereocenters. The zero-order valence-electron chi connectivity index (χ0n) is 16.7. The Morgan fingerprint density at radius 2 is 2.03 bits per heavy atom. The number of ether oxygens (including phenoxy) is 1. The van der Waals surface area contributed by atoms with Crippen molar-refractivity contribution in [3.8, 4) is 11.8 Å². The van der Waals surface area contributed by atoms with Crippen molar-refractivity contribution in [2.45, 2.75) is 31.0 Å². The van der Waals surface area contributed by atoms with Crippen molar-refractivity contribution in [2.75, 3.05) is 12.3 Å². The van der Waals surface area contributed by atoms with Gasteiger partial charge in [0, 0.05) is 24.2 Å². The lowest BCUT2D eigenvalue weighted by Gasteiger charge is -2.27. The summed E-state index contributed by atoms with van der Waals surface area (Å²) >= 11 is 0. The van der Waals surface area contributed by atoms with E-state index in [1.165, 1.54) is 17.8 Å². The molecule has 0 aliphatic carbocycles. The number of nitrogens with zero attached hydrogens (tertiary/aromatic N) is 4. The van der Waals surface area contributed by atoms with Gasteiger partial charge in [-0.05, 0) is 19.1 Å². The Kier molecular flexibility index (Phi) is 5.74. The SMILES string of the molecule is CC1(O)C(O)C(COP(=O)(O)O)OC1n1cc(C#Cc2ccncc2)c2c(N)ncnc21. The van der Waals surface area contributed by atoms with Crippen molar-refractivity contribution in [2.24, 2.45) is 0 Å². The molecule has 3 aromatic heterocycles. The Morgan fingerprint density at radius 1 is 1.31 bits per heavy atom. The number of aromatic nitrogens is 4. The molecule has 1 aliphatic heterocycles. The number of phosphoric ester groups is 1. The number of hydrogen-bond donors (Lipinski definition) is 5. The first-order valence-corrected chi connectivity index (χ1v) is 10.9. The fourth-order valence-corrected chi connectivity index (χ4v) is 3.85. The molecule has 0 aromatic carbocycles. The zero-order valence-corrected chi connectivity index (χ0v) is 17.6. The highest BCUT2D eigenvalue weighted by Crippen LogP contribution is 2.43. The molecule has 13 heteroatoms. The molecule has 1 aliphatic rings. The molecule has 0 radical (unpaired) electrons. The Labute approximate surface area is 181 Å². The highest BCUT2D eigenvalue weighted by molar-refractivity contribution is 7.46. The minimum absolute atomic E-state index is 0.160. The second kappa shape index (κ2) is 8.23. The lowest BCUT2D eigenvalue weighted by Crippen LogP contribution is -2.44. The molecule has 1 saturated heterocycles. The van der Waals surface area contributed by atoms with Crippen LogP contribution in [-0.2, 0) is 13.8 Å². The first kappa shape index (κ1) is 22.3. The molecule has 168 valence electrons. The summed E-state index contributed by atoms with van der Waals surface area (Å²) in [7, 11) is -4.80. The Balaban J connectivity index is 1.75. The van der Waals surface area contributed by atoms with E-state index in [0.717, 1.165) is 0 Å². The standard InChI is InChI=1S/C19H20N5O7P/c1-19(26)15(25)13(9-30-32(27,28)29)31-18(19)24-8-12(3-2-11-4-6-21-7-5-11)14-16(20)22-10-23-17(14)24/h4-8,10,13,15,18,25-26H,9H2,1H3,(H2,20,22,23)(H2,27,28,29). The predicted octanol–water partition coefficient (Wildman–Crippen LogP) is -0.0731. The molecule has 4 unspecified atom stereocenters. The van der Waals surface area contributed by atoms with Gasteiger partial charge in [0.15, 0.2) is 6.23 Å². The normalized spacial score (nSPS) is 25.6. The number of rotatable bonds is 4. The van der Waals surface area contributed by atoms with Crippen molar-refractivity contribution in [3.05, 3.63) is 48.2 Å². The van der Waals surface area contributed by atoms with Gasteiger partial charge in [0.25, 0.3) is 0 Å². The van der Waals surface area contributed by atoms with Crippen LogP contribution in [0, 0.1) is 11.8 Å². The molecule has 4 heterocycles. The van der Waals surface area contributed by atoms with Crippen LogP contribution in [0.1, 0.15) is 24.3 Å². The molecule has 0 amide bonds. The van der Waals surface area contributed by atoms with Crippen LogP contribution in [0.15, 0.2) is 37.1 Å². The van der Waals surface area contributed by atoms with Crippen LogP contribution in [0.2, 0.25) is 0 Å². The highest BCUT2D eigenvalue weighted by Gasteiger charge is 2.54. The number of fused-ring (bicyclic) bond motifs is 1. The quantitative estimate of drug-likeness (QED) is 0.258. The van der Waals surface area contributed by atoms with Crippen molar-refractivity contribution in [1.82, 2.24) is 19.5 Å². The third kappa shape index (κ3) is 4.23. The average Bonchev–Trinajstić information content (AvgIpc) is 3.21. The molecule has 0 spiro atoms. The number of nitrogens with two attached hydrogens (primary N) is 1. The van der Waals surface area contributed by atoms with Crippen LogP contribution in [0.25, 0.3) is 11.0 Å². The van der Waals surface area contributed by atoms with Gasteiger partial charge in [0.1, 0.15) is 35.6 Å². The number of phosphoric acid groups is 1. The van der Waals surface area contributed by atoms with E-state index in [0.29, 0.717) is 22.2 Å². The van der Waals surface area contributed by atoms with E-state index in [1.807, 2.05) is 0 Å². The van der Waals surface area contributed by atoms with Crippen molar-refractivity contribution in [3.63, 3.8) is 0 Å². The number of aliphatic hydroxyl groups is 2. The van der Waals surface area contributed by atoms with Crippen LogP contribution >= 0.6 is 7.82 Å². The van der Waals surface area contributed by atoms with Gasteiger partial charge in [-0.1, -0.05) is 11.8 Å². The monoisotopic (exact) mass is 461 g/mol. The van der Waals surface area contributed by atoms with E-state index >= 15 is 0 Å². The molecule has 6 N–H and O–H groups in total. The lowest BCUT2D eigenvalue weighted by atomic mass is 9.96. The lowest BCUT2D eigenvalue weighted by molar-refractivity contribution is -0.0947. The van der Waals surface area contributed by atoms with E-state index in [-0.39, 0.29) is 5.82 Å². The summed E-state index contributed by atoms with van der Waals surface area (Å²) in [4.78, 5) is 30.1. The number of aliphatic hydroxyl groups excluding tert-OH is 1. The minimum atomic E-state index is -4.80. The summed E-state index contributed by atoms with van der Waals surface area (Å²) in [5, 5.41) is 21.9. The maximum atomic E-state index is 11.0. The summed E-state index contributed by atoms with van der Waals surface area (Å²) in [6, 6.07) is 3.47. The van der Waals surface area contributed by atoms with Crippen LogP contribution in [0.4, 0.5) is 5.82 Å². The summed E-state index contributed by atoms with van der Waals surface area (Å²) in [5.74, 6) is 6.14. The maximum absolute atomic E-state index is 11.0. The molecule has 3 aromatic rings. The second-order valence-electron chi connectivity index (χ2n) is 7.38. The smallest absolute Gasteiger partial charge is 0.387 e. The third-order valence-electron chi connectivity index (χ3n) is 5.07. The molecule has 1 fully saturated rings. The van der Waals surface area contributed by atoms with Crippen molar-refractivity contribution < 1.29 is 33.8 Å². The third-order valence-corrected chi connectivity index (χ3v) is 5.56. The van der Waals surface area contributed by atoms with Gasteiger partial charge in [-0.2, -0.15) is 0 Å². The van der Waals surface area contributed by atoms with E-state index < -0.39 is 38.5 Å². The fraction of sp³-hybridized carbons (Fsp3) is 0.316. The zero-order chi connectivity index (χ0) is 23.1. The number of pyridine rings is 1. The van der Waals surface area contributed by atoms with E-state index in [4.69, 9.17) is 20.3 Å². The molecule has 12 nitrogen and oxygen atoms in total.